The van der Waals surface area contributed by atoms with E-state index in [9.17, 15) is 0 Å². The molecular weight excluding hydrogens is 252 g/mol. The summed E-state index contributed by atoms with van der Waals surface area (Å²) in [5, 5.41) is 5.76. The van der Waals surface area contributed by atoms with Crippen molar-refractivity contribution in [3.63, 3.8) is 0 Å². The maximum Gasteiger partial charge on any atom is 0.0300 e. The number of hydrogen-bond acceptors (Lipinski definition) is 3. The average Bonchev–Trinajstić information content (AvgIpc) is 2.97. The molecule has 106 valence electrons. The predicted molar refractivity (Wildman–Crippen MR) is 82.6 cm³/mol. The van der Waals surface area contributed by atoms with Gasteiger partial charge >= 0.3 is 0 Å². The van der Waals surface area contributed by atoms with Crippen molar-refractivity contribution in [3.8, 4) is 0 Å². The topological polar surface area (TPSA) is 15.3 Å². The zero-order valence-corrected chi connectivity index (χ0v) is 12.6. The van der Waals surface area contributed by atoms with Crippen molar-refractivity contribution in [1.82, 2.24) is 10.2 Å². The molecule has 1 aliphatic carbocycles. The Hall–Kier alpha value is -0.380. The summed E-state index contributed by atoms with van der Waals surface area (Å²) in [6.07, 6.45) is 8.79. The van der Waals surface area contributed by atoms with Gasteiger partial charge in [-0.15, -0.1) is 11.3 Å². The zero-order chi connectivity index (χ0) is 12.9. The normalized spacial score (nSPS) is 28.2. The van der Waals surface area contributed by atoms with Crippen LogP contribution in [0.1, 0.15) is 43.4 Å². The Morgan fingerprint density at radius 3 is 3.00 bits per heavy atom. The molecule has 1 saturated heterocycles. The maximum atomic E-state index is 3.60. The van der Waals surface area contributed by atoms with Crippen molar-refractivity contribution in [2.45, 2.75) is 51.1 Å². The van der Waals surface area contributed by atoms with Gasteiger partial charge in [0, 0.05) is 30.6 Å². The van der Waals surface area contributed by atoms with E-state index >= 15 is 0 Å². The fourth-order valence-corrected chi connectivity index (χ4v) is 4.53. The second-order valence-electron chi connectivity index (χ2n) is 6.05. The van der Waals surface area contributed by atoms with E-state index in [0.29, 0.717) is 0 Å². The summed E-state index contributed by atoms with van der Waals surface area (Å²) in [6, 6.07) is 5.26. The number of hydrogen-bond donors (Lipinski definition) is 1. The third-order valence-electron chi connectivity index (χ3n) is 4.81. The summed E-state index contributed by atoms with van der Waals surface area (Å²) < 4.78 is 0. The van der Waals surface area contributed by atoms with Gasteiger partial charge in [-0.3, -0.25) is 4.90 Å². The van der Waals surface area contributed by atoms with Crippen LogP contribution in [0, 0.1) is 5.92 Å². The van der Waals surface area contributed by atoms with E-state index in [4.69, 9.17) is 0 Å². The minimum Gasteiger partial charge on any atom is -0.311 e. The summed E-state index contributed by atoms with van der Waals surface area (Å²) in [6.45, 7) is 4.76. The smallest absolute Gasteiger partial charge is 0.0300 e. The summed E-state index contributed by atoms with van der Waals surface area (Å²) in [5.41, 5.74) is 0. The Balaban J connectivity index is 1.41. The van der Waals surface area contributed by atoms with Crippen LogP contribution in [0.3, 0.4) is 0 Å². The van der Waals surface area contributed by atoms with Gasteiger partial charge in [-0.2, -0.15) is 0 Å². The van der Waals surface area contributed by atoms with Crippen LogP contribution in [0.5, 0.6) is 0 Å². The highest BCUT2D eigenvalue weighted by Crippen LogP contribution is 2.34. The molecule has 19 heavy (non-hydrogen) atoms. The number of piperidine rings is 1. The lowest BCUT2D eigenvalue weighted by atomic mass is 9.78. The number of fused-ring (bicyclic) bond motifs is 1. The molecule has 3 heteroatoms. The monoisotopic (exact) mass is 278 g/mol. The molecule has 1 N–H and O–H groups in total. The van der Waals surface area contributed by atoms with Crippen LogP contribution in [0.15, 0.2) is 17.5 Å². The highest BCUT2D eigenvalue weighted by molar-refractivity contribution is 7.09. The van der Waals surface area contributed by atoms with Crippen molar-refractivity contribution < 1.29 is 0 Å². The Kier molecular flexibility index (Phi) is 4.91. The molecule has 0 bridgehead atoms. The van der Waals surface area contributed by atoms with Crippen LogP contribution >= 0.6 is 11.3 Å². The predicted octanol–water partition coefficient (Wildman–Crippen LogP) is 3.49. The van der Waals surface area contributed by atoms with Gasteiger partial charge in [0.25, 0.3) is 0 Å². The van der Waals surface area contributed by atoms with Crippen LogP contribution in [-0.4, -0.2) is 30.6 Å². The summed E-state index contributed by atoms with van der Waals surface area (Å²) >= 11 is 1.85. The molecule has 2 atom stereocenters. The van der Waals surface area contributed by atoms with Gasteiger partial charge in [-0.05, 0) is 49.6 Å². The van der Waals surface area contributed by atoms with Crippen LogP contribution in [-0.2, 0) is 6.54 Å². The summed E-state index contributed by atoms with van der Waals surface area (Å²) in [5.74, 6) is 1.01. The molecule has 1 saturated carbocycles. The largest absolute Gasteiger partial charge is 0.311 e. The van der Waals surface area contributed by atoms with Crippen molar-refractivity contribution in [2.24, 2.45) is 5.92 Å². The van der Waals surface area contributed by atoms with E-state index in [2.05, 4.69) is 27.7 Å². The molecule has 0 amide bonds. The first-order valence-corrected chi connectivity index (χ1v) is 8.78. The van der Waals surface area contributed by atoms with Gasteiger partial charge in [-0.25, -0.2) is 0 Å². The Morgan fingerprint density at radius 1 is 1.21 bits per heavy atom. The molecule has 1 aliphatic heterocycles. The third kappa shape index (κ3) is 3.59. The standard InChI is InChI=1S/C16H26N2S/c1-2-8-16-14(5-1)6-3-10-18(16)11-9-17-13-15-7-4-12-19-15/h4,7,12,14,16-17H,1-3,5-6,8-11,13H2/t14-,16-/m1/s1. The average molecular weight is 278 g/mol. The second kappa shape index (κ2) is 6.87. The lowest BCUT2D eigenvalue weighted by molar-refractivity contribution is 0.0618. The van der Waals surface area contributed by atoms with Crippen molar-refractivity contribution >= 4 is 11.3 Å². The first kappa shape index (κ1) is 13.6. The van der Waals surface area contributed by atoms with E-state index in [-0.39, 0.29) is 0 Å². The lowest BCUT2D eigenvalue weighted by Gasteiger charge is -2.44. The van der Waals surface area contributed by atoms with E-state index < -0.39 is 0 Å². The van der Waals surface area contributed by atoms with Crippen LogP contribution < -0.4 is 5.32 Å². The zero-order valence-electron chi connectivity index (χ0n) is 11.8. The summed E-state index contributed by atoms with van der Waals surface area (Å²) in [7, 11) is 0. The molecule has 0 spiro atoms. The quantitative estimate of drug-likeness (QED) is 0.829. The van der Waals surface area contributed by atoms with Gasteiger partial charge in [0.2, 0.25) is 0 Å². The molecule has 2 aliphatic rings. The third-order valence-corrected chi connectivity index (χ3v) is 5.69. The highest BCUT2D eigenvalue weighted by atomic mass is 32.1. The van der Waals surface area contributed by atoms with E-state index in [1.807, 2.05) is 11.3 Å². The number of rotatable bonds is 5. The molecule has 0 unspecified atom stereocenters. The van der Waals surface area contributed by atoms with E-state index in [1.54, 1.807) is 0 Å². The van der Waals surface area contributed by atoms with Crippen molar-refractivity contribution in [3.05, 3.63) is 22.4 Å². The van der Waals surface area contributed by atoms with Gasteiger partial charge in [0.1, 0.15) is 0 Å². The van der Waals surface area contributed by atoms with E-state index in [0.717, 1.165) is 25.0 Å². The van der Waals surface area contributed by atoms with Gasteiger partial charge in [0.15, 0.2) is 0 Å². The van der Waals surface area contributed by atoms with Gasteiger partial charge in [-0.1, -0.05) is 18.9 Å². The van der Waals surface area contributed by atoms with E-state index in [1.165, 1.54) is 56.5 Å². The van der Waals surface area contributed by atoms with Crippen LogP contribution in [0.4, 0.5) is 0 Å². The first-order chi connectivity index (χ1) is 9.43. The molecule has 0 aromatic carbocycles. The second-order valence-corrected chi connectivity index (χ2v) is 7.08. The molecule has 2 nitrogen and oxygen atoms in total. The Bertz CT molecular complexity index is 361. The molecular formula is C16H26N2S. The van der Waals surface area contributed by atoms with Gasteiger partial charge < -0.3 is 5.32 Å². The van der Waals surface area contributed by atoms with Gasteiger partial charge in [0.05, 0.1) is 0 Å². The summed E-state index contributed by atoms with van der Waals surface area (Å²) in [4.78, 5) is 4.23. The van der Waals surface area contributed by atoms with Crippen molar-refractivity contribution in [1.29, 1.82) is 0 Å². The lowest BCUT2D eigenvalue weighted by Crippen LogP contribution is -2.48. The molecule has 0 radical (unpaired) electrons. The minimum absolute atomic E-state index is 0.908. The molecule has 1 aromatic rings. The first-order valence-electron chi connectivity index (χ1n) is 7.90. The number of nitrogens with zero attached hydrogens (tertiary/aromatic N) is 1. The molecule has 3 rings (SSSR count). The number of thiophene rings is 1. The Morgan fingerprint density at radius 2 is 2.11 bits per heavy atom. The highest BCUT2D eigenvalue weighted by Gasteiger charge is 2.32. The number of nitrogens with one attached hydrogen (secondary N) is 1. The molecule has 2 heterocycles. The minimum atomic E-state index is 0.908. The SMILES string of the molecule is c1csc(CNCCN2CCC[C@H]3CCCC[C@H]32)c1. The van der Waals surface area contributed by atoms with Crippen LogP contribution in [0.2, 0.25) is 0 Å². The van der Waals surface area contributed by atoms with Crippen LogP contribution in [0.25, 0.3) is 0 Å². The fourth-order valence-electron chi connectivity index (χ4n) is 3.85. The maximum absolute atomic E-state index is 3.60. The molecule has 1 aromatic heterocycles. The van der Waals surface area contributed by atoms with Crippen molar-refractivity contribution in [2.75, 3.05) is 19.6 Å². The molecule has 2 fully saturated rings. The number of likely N-dealkylation sites (tertiary alicyclic amines) is 1. The Labute approximate surface area is 121 Å². The fraction of sp³-hybridized carbons (Fsp3) is 0.750.